The zero-order chi connectivity index (χ0) is 7.40. The Morgan fingerprint density at radius 1 is 1.50 bits per heavy atom. The Balaban J connectivity index is 2.37. The molecule has 0 aromatic rings. The quantitative estimate of drug-likeness (QED) is 0.337. The molecule has 1 rings (SSSR count). The summed E-state index contributed by atoms with van der Waals surface area (Å²) in [6.07, 6.45) is 6.07. The van der Waals surface area contributed by atoms with Crippen LogP contribution in [-0.4, -0.2) is 10.9 Å². The van der Waals surface area contributed by atoms with Crippen molar-refractivity contribution in [3.63, 3.8) is 0 Å². The van der Waals surface area contributed by atoms with Gasteiger partial charge in [-0.05, 0) is 31.6 Å². The lowest BCUT2D eigenvalue weighted by Crippen LogP contribution is -2.11. The van der Waals surface area contributed by atoms with Crippen LogP contribution in [0.5, 0.6) is 0 Å². The highest BCUT2D eigenvalue weighted by atomic mass is 16.4. The summed E-state index contributed by atoms with van der Waals surface area (Å²) in [7, 11) is 0. The molecule has 0 spiro atoms. The first kappa shape index (κ1) is 7.32. The van der Waals surface area contributed by atoms with Crippen molar-refractivity contribution in [1.29, 1.82) is 0 Å². The zero-order valence-corrected chi connectivity index (χ0v) is 6.08. The van der Waals surface area contributed by atoms with Gasteiger partial charge in [-0.1, -0.05) is 11.2 Å². The van der Waals surface area contributed by atoms with E-state index < -0.39 is 0 Å². The molecule has 1 fully saturated rings. The molecule has 1 aliphatic carbocycles. The van der Waals surface area contributed by atoms with Crippen molar-refractivity contribution in [3.05, 3.63) is 12.7 Å². The van der Waals surface area contributed by atoms with Gasteiger partial charge < -0.3 is 5.21 Å². The fraction of sp³-hybridized carbons (Fsp3) is 0.625. The summed E-state index contributed by atoms with van der Waals surface area (Å²) >= 11 is 0. The molecule has 10 heavy (non-hydrogen) atoms. The van der Waals surface area contributed by atoms with Gasteiger partial charge in [-0.25, -0.2) is 0 Å². The Hall–Kier alpha value is -0.790. The van der Waals surface area contributed by atoms with Crippen molar-refractivity contribution in [2.45, 2.75) is 25.7 Å². The van der Waals surface area contributed by atoms with Crippen LogP contribution >= 0.6 is 0 Å². The van der Waals surface area contributed by atoms with E-state index in [9.17, 15) is 0 Å². The summed E-state index contributed by atoms with van der Waals surface area (Å²) < 4.78 is 0. The summed E-state index contributed by atoms with van der Waals surface area (Å²) in [4.78, 5) is 0. The first-order chi connectivity index (χ1) is 4.86. The normalized spacial score (nSPS) is 26.0. The van der Waals surface area contributed by atoms with Crippen molar-refractivity contribution in [2.75, 3.05) is 0 Å². The number of hydrogen-bond donors (Lipinski definition) is 1. The van der Waals surface area contributed by atoms with Crippen LogP contribution < -0.4 is 0 Å². The minimum Gasteiger partial charge on any atom is -0.411 e. The highest BCUT2D eigenvalue weighted by Crippen LogP contribution is 2.22. The van der Waals surface area contributed by atoms with E-state index in [1.165, 1.54) is 0 Å². The maximum atomic E-state index is 8.41. The second kappa shape index (κ2) is 3.40. The lowest BCUT2D eigenvalue weighted by Gasteiger charge is -2.18. The van der Waals surface area contributed by atoms with Gasteiger partial charge in [-0.3, -0.25) is 0 Å². The predicted molar refractivity (Wildman–Crippen MR) is 41.4 cm³/mol. The third-order valence-electron chi connectivity index (χ3n) is 2.08. The molecular weight excluding hydrogens is 126 g/mol. The van der Waals surface area contributed by atoms with Crippen LogP contribution in [0.25, 0.3) is 0 Å². The molecule has 0 saturated heterocycles. The van der Waals surface area contributed by atoms with E-state index in [0.717, 1.165) is 31.4 Å². The number of hydrogen-bond acceptors (Lipinski definition) is 2. The lowest BCUT2D eigenvalue weighted by atomic mass is 9.88. The molecule has 0 amide bonds. The maximum absolute atomic E-state index is 8.41. The number of nitrogens with zero attached hydrogens (tertiary/aromatic N) is 1. The van der Waals surface area contributed by atoms with Gasteiger partial charge in [0.05, 0.1) is 5.71 Å². The first-order valence-electron chi connectivity index (χ1n) is 3.69. The summed E-state index contributed by atoms with van der Waals surface area (Å²) in [5, 5.41) is 11.6. The van der Waals surface area contributed by atoms with Crippen molar-refractivity contribution in [2.24, 2.45) is 11.1 Å². The molecular formula is C8H13NO. The third kappa shape index (κ3) is 1.59. The van der Waals surface area contributed by atoms with E-state index in [0.29, 0.717) is 5.92 Å². The lowest BCUT2D eigenvalue weighted by molar-refractivity contribution is 0.312. The van der Waals surface area contributed by atoms with E-state index >= 15 is 0 Å². The van der Waals surface area contributed by atoms with Crippen LogP contribution in [0.15, 0.2) is 17.8 Å². The Kier molecular flexibility index (Phi) is 2.49. The van der Waals surface area contributed by atoms with Crippen LogP contribution in [-0.2, 0) is 0 Å². The van der Waals surface area contributed by atoms with Gasteiger partial charge in [0.25, 0.3) is 0 Å². The summed E-state index contributed by atoms with van der Waals surface area (Å²) in [6, 6.07) is 0. The van der Waals surface area contributed by atoms with Crippen LogP contribution in [0.1, 0.15) is 25.7 Å². The van der Waals surface area contributed by atoms with Crippen LogP contribution in [0.3, 0.4) is 0 Å². The van der Waals surface area contributed by atoms with Gasteiger partial charge in [0.2, 0.25) is 0 Å². The van der Waals surface area contributed by atoms with Crippen LogP contribution in [0, 0.1) is 5.92 Å². The predicted octanol–water partition coefficient (Wildman–Crippen LogP) is 2.19. The van der Waals surface area contributed by atoms with Crippen LogP contribution in [0.4, 0.5) is 0 Å². The minimum absolute atomic E-state index is 0.644. The fourth-order valence-corrected chi connectivity index (χ4v) is 1.31. The smallest absolute Gasteiger partial charge is 0.0571 e. The first-order valence-corrected chi connectivity index (χ1v) is 3.69. The number of allylic oxidation sites excluding steroid dienone is 1. The standard InChI is InChI=1S/C8H13NO/c1-2-7-3-5-8(9-10)6-4-7/h2,7,10H,1,3-6H2. The van der Waals surface area contributed by atoms with Crippen molar-refractivity contribution in [3.8, 4) is 0 Å². The molecule has 0 heterocycles. The number of oxime groups is 1. The molecule has 2 heteroatoms. The topological polar surface area (TPSA) is 32.6 Å². The third-order valence-corrected chi connectivity index (χ3v) is 2.08. The molecule has 0 aromatic carbocycles. The number of rotatable bonds is 1. The largest absolute Gasteiger partial charge is 0.411 e. The minimum atomic E-state index is 0.644. The highest BCUT2D eigenvalue weighted by molar-refractivity contribution is 5.84. The second-order valence-electron chi connectivity index (χ2n) is 2.74. The van der Waals surface area contributed by atoms with E-state index in [2.05, 4.69) is 11.7 Å². The summed E-state index contributed by atoms with van der Waals surface area (Å²) in [5.41, 5.74) is 0.943. The molecule has 1 saturated carbocycles. The Morgan fingerprint density at radius 2 is 2.10 bits per heavy atom. The molecule has 56 valence electrons. The Labute approximate surface area is 61.2 Å². The maximum Gasteiger partial charge on any atom is 0.0571 e. The summed E-state index contributed by atoms with van der Waals surface area (Å²) in [5.74, 6) is 0.644. The van der Waals surface area contributed by atoms with Gasteiger partial charge in [0.1, 0.15) is 0 Å². The summed E-state index contributed by atoms with van der Waals surface area (Å²) in [6.45, 7) is 3.73. The average Bonchev–Trinajstić information content (AvgIpc) is 2.05. The monoisotopic (exact) mass is 139 g/mol. The molecule has 1 N–H and O–H groups in total. The van der Waals surface area contributed by atoms with E-state index in [1.807, 2.05) is 6.08 Å². The van der Waals surface area contributed by atoms with E-state index in [1.54, 1.807) is 0 Å². The Morgan fingerprint density at radius 3 is 2.50 bits per heavy atom. The molecule has 2 nitrogen and oxygen atoms in total. The molecule has 1 aliphatic rings. The van der Waals surface area contributed by atoms with Crippen molar-refractivity contribution < 1.29 is 5.21 Å². The molecule has 0 atom stereocenters. The average molecular weight is 139 g/mol. The molecule has 0 aliphatic heterocycles. The highest BCUT2D eigenvalue weighted by Gasteiger charge is 2.14. The molecule has 0 unspecified atom stereocenters. The van der Waals surface area contributed by atoms with Gasteiger partial charge in [0, 0.05) is 0 Å². The van der Waals surface area contributed by atoms with Gasteiger partial charge in [-0.2, -0.15) is 0 Å². The van der Waals surface area contributed by atoms with Gasteiger partial charge >= 0.3 is 0 Å². The molecule has 0 bridgehead atoms. The van der Waals surface area contributed by atoms with E-state index in [4.69, 9.17) is 5.21 Å². The Bertz CT molecular complexity index is 141. The fourth-order valence-electron chi connectivity index (χ4n) is 1.31. The second-order valence-corrected chi connectivity index (χ2v) is 2.74. The SMILES string of the molecule is C=CC1CCC(=NO)CC1. The molecule has 0 radical (unpaired) electrons. The van der Waals surface area contributed by atoms with Gasteiger partial charge in [0.15, 0.2) is 0 Å². The molecule has 0 aromatic heterocycles. The van der Waals surface area contributed by atoms with E-state index in [-0.39, 0.29) is 0 Å². The zero-order valence-electron chi connectivity index (χ0n) is 6.08. The van der Waals surface area contributed by atoms with Gasteiger partial charge in [-0.15, -0.1) is 6.58 Å². The van der Waals surface area contributed by atoms with Crippen molar-refractivity contribution in [1.82, 2.24) is 0 Å². The van der Waals surface area contributed by atoms with Crippen molar-refractivity contribution >= 4 is 5.71 Å². The van der Waals surface area contributed by atoms with Crippen LogP contribution in [0.2, 0.25) is 0 Å².